The van der Waals surface area contributed by atoms with Crippen LogP contribution in [0.5, 0.6) is 0 Å². The summed E-state index contributed by atoms with van der Waals surface area (Å²) in [5.41, 5.74) is 1.63. The summed E-state index contributed by atoms with van der Waals surface area (Å²) in [6.07, 6.45) is 1.18. The quantitative estimate of drug-likeness (QED) is 0.467. The Kier molecular flexibility index (Phi) is 7.77. The maximum absolute atomic E-state index is 12.7. The third kappa shape index (κ3) is 6.30. The largest absolute Gasteiger partial charge is 0.297 e. The molecule has 27 heavy (non-hydrogen) atoms. The standard InChI is InChI=1S/C20H24O5S2/c1-3-4-10-20(19(15-26(21)22)17-8-6-5-7-9-17)25-27(23,24)18-13-11-16(2)12-14-18/h5-9,11-15,19-20H,3-4,10H2,1-2H3. The highest BCUT2D eigenvalue weighted by molar-refractivity contribution is 7.86. The van der Waals surface area contributed by atoms with Gasteiger partial charge in [-0.1, -0.05) is 67.8 Å². The van der Waals surface area contributed by atoms with Gasteiger partial charge in [-0.2, -0.15) is 16.8 Å². The second-order valence-electron chi connectivity index (χ2n) is 6.38. The second-order valence-corrected chi connectivity index (χ2v) is 8.74. The number of unbranched alkanes of at least 4 members (excludes halogenated alkanes) is 1. The molecule has 5 nitrogen and oxygen atoms in total. The smallest absolute Gasteiger partial charge is 0.262 e. The maximum atomic E-state index is 12.7. The van der Waals surface area contributed by atoms with E-state index in [4.69, 9.17) is 4.18 Å². The Hall–Kier alpha value is -1.96. The second kappa shape index (κ2) is 9.82. The molecule has 2 rings (SSSR count). The zero-order chi connectivity index (χ0) is 19.9. The zero-order valence-corrected chi connectivity index (χ0v) is 17.0. The van der Waals surface area contributed by atoms with Gasteiger partial charge < -0.3 is 0 Å². The van der Waals surface area contributed by atoms with Crippen LogP contribution in [-0.4, -0.2) is 28.3 Å². The van der Waals surface area contributed by atoms with Gasteiger partial charge in [-0.3, -0.25) is 4.18 Å². The molecule has 0 aliphatic carbocycles. The number of hydrogen-bond acceptors (Lipinski definition) is 5. The molecular weight excluding hydrogens is 384 g/mol. The van der Waals surface area contributed by atoms with E-state index in [0.29, 0.717) is 12.0 Å². The van der Waals surface area contributed by atoms with Crippen LogP contribution in [0.25, 0.3) is 0 Å². The van der Waals surface area contributed by atoms with Crippen LogP contribution in [0.2, 0.25) is 0 Å². The average molecular weight is 409 g/mol. The van der Waals surface area contributed by atoms with Gasteiger partial charge in [0.1, 0.15) is 0 Å². The molecule has 2 atom stereocenters. The van der Waals surface area contributed by atoms with Crippen LogP contribution in [0.1, 0.15) is 43.2 Å². The molecule has 0 N–H and O–H groups in total. The molecule has 0 radical (unpaired) electrons. The molecule has 2 aromatic rings. The van der Waals surface area contributed by atoms with Crippen LogP contribution >= 0.6 is 0 Å². The topological polar surface area (TPSA) is 77.5 Å². The summed E-state index contributed by atoms with van der Waals surface area (Å²) in [5, 5.41) is 1.11. The van der Waals surface area contributed by atoms with Gasteiger partial charge in [0.2, 0.25) is 10.3 Å². The first-order valence-electron chi connectivity index (χ1n) is 8.81. The van der Waals surface area contributed by atoms with E-state index in [-0.39, 0.29) is 4.90 Å². The van der Waals surface area contributed by atoms with Gasteiger partial charge in [-0.05, 0) is 31.0 Å². The highest BCUT2D eigenvalue weighted by atomic mass is 32.2. The minimum atomic E-state index is -4.02. The molecule has 2 aromatic carbocycles. The minimum absolute atomic E-state index is 0.0599. The Morgan fingerprint density at radius 1 is 1.04 bits per heavy atom. The molecule has 0 aliphatic rings. The molecule has 146 valence electrons. The van der Waals surface area contributed by atoms with Gasteiger partial charge >= 0.3 is 0 Å². The van der Waals surface area contributed by atoms with E-state index in [9.17, 15) is 16.8 Å². The monoisotopic (exact) mass is 408 g/mol. The molecule has 0 saturated heterocycles. The van der Waals surface area contributed by atoms with Gasteiger partial charge in [0, 0.05) is 11.3 Å². The minimum Gasteiger partial charge on any atom is -0.262 e. The van der Waals surface area contributed by atoms with Gasteiger partial charge in [0.05, 0.1) is 11.0 Å². The van der Waals surface area contributed by atoms with Crippen molar-refractivity contribution < 1.29 is 21.0 Å². The molecular formula is C20H24O5S2. The number of aryl methyl sites for hydroxylation is 1. The Morgan fingerprint density at radius 3 is 2.22 bits per heavy atom. The maximum Gasteiger partial charge on any atom is 0.297 e. The molecule has 0 aromatic heterocycles. The highest BCUT2D eigenvalue weighted by Crippen LogP contribution is 2.28. The Balaban J connectivity index is 2.42. The van der Waals surface area contributed by atoms with Crippen LogP contribution in [0.15, 0.2) is 59.5 Å². The van der Waals surface area contributed by atoms with Crippen LogP contribution in [0, 0.1) is 6.92 Å². The number of hydrogen-bond donors (Lipinski definition) is 0. The molecule has 2 unspecified atom stereocenters. The molecule has 7 heteroatoms. The van der Waals surface area contributed by atoms with Crippen molar-refractivity contribution in [2.75, 3.05) is 0 Å². The third-order valence-electron chi connectivity index (χ3n) is 4.24. The Bertz CT molecular complexity index is 955. The van der Waals surface area contributed by atoms with Gasteiger partial charge in [0.15, 0.2) is 0 Å². The van der Waals surface area contributed by atoms with Crippen molar-refractivity contribution in [3.05, 3.63) is 65.7 Å². The molecule has 0 amide bonds. The van der Waals surface area contributed by atoms with Crippen molar-refractivity contribution in [1.82, 2.24) is 0 Å². The van der Waals surface area contributed by atoms with Gasteiger partial charge in [0.25, 0.3) is 10.1 Å². The molecule has 0 spiro atoms. The van der Waals surface area contributed by atoms with E-state index >= 15 is 0 Å². The lowest BCUT2D eigenvalue weighted by Gasteiger charge is -2.24. The van der Waals surface area contributed by atoms with Crippen molar-refractivity contribution in [2.24, 2.45) is 0 Å². The lowest BCUT2D eigenvalue weighted by Crippen LogP contribution is -2.27. The van der Waals surface area contributed by atoms with Crippen molar-refractivity contribution in [3.8, 4) is 0 Å². The molecule has 0 fully saturated rings. The summed E-state index contributed by atoms with van der Waals surface area (Å²) < 4.78 is 53.8. The summed E-state index contributed by atoms with van der Waals surface area (Å²) in [6.45, 7) is 3.85. The summed E-state index contributed by atoms with van der Waals surface area (Å²) in [6, 6.07) is 15.3. The first-order valence-corrected chi connectivity index (χ1v) is 11.4. The first-order chi connectivity index (χ1) is 12.8. The van der Waals surface area contributed by atoms with Crippen LogP contribution in [0.3, 0.4) is 0 Å². The fourth-order valence-electron chi connectivity index (χ4n) is 2.79. The Labute approximate surface area is 162 Å². The fourth-order valence-corrected chi connectivity index (χ4v) is 4.49. The third-order valence-corrected chi connectivity index (χ3v) is 6.11. The summed E-state index contributed by atoms with van der Waals surface area (Å²) in [5.74, 6) is -0.684. The summed E-state index contributed by atoms with van der Waals surface area (Å²) in [7, 11) is -6.46. The molecule has 0 bridgehead atoms. The van der Waals surface area contributed by atoms with Gasteiger partial charge in [-0.25, -0.2) is 0 Å². The predicted octanol–water partition coefficient (Wildman–Crippen LogP) is 3.72. The van der Waals surface area contributed by atoms with Crippen molar-refractivity contribution in [3.63, 3.8) is 0 Å². The zero-order valence-electron chi connectivity index (χ0n) is 15.4. The molecule has 0 heterocycles. The first kappa shape index (κ1) is 21.3. The van der Waals surface area contributed by atoms with E-state index in [1.54, 1.807) is 36.4 Å². The van der Waals surface area contributed by atoms with E-state index in [2.05, 4.69) is 0 Å². The average Bonchev–Trinajstić information content (AvgIpc) is 2.64. The van der Waals surface area contributed by atoms with Crippen LogP contribution in [0.4, 0.5) is 0 Å². The highest BCUT2D eigenvalue weighted by Gasteiger charge is 2.29. The molecule has 0 aliphatic heterocycles. The van der Waals surface area contributed by atoms with Crippen LogP contribution in [-0.2, 0) is 24.6 Å². The lowest BCUT2D eigenvalue weighted by atomic mass is 9.92. The van der Waals surface area contributed by atoms with Gasteiger partial charge in [-0.15, -0.1) is 0 Å². The lowest BCUT2D eigenvalue weighted by molar-refractivity contribution is 0.187. The molecule has 0 saturated carbocycles. The van der Waals surface area contributed by atoms with E-state index in [1.807, 2.05) is 19.9 Å². The van der Waals surface area contributed by atoms with Crippen LogP contribution < -0.4 is 0 Å². The predicted molar refractivity (Wildman–Crippen MR) is 107 cm³/mol. The summed E-state index contributed by atoms with van der Waals surface area (Å²) >= 11 is 0. The fraction of sp³-hybridized carbons (Fsp3) is 0.350. The number of benzene rings is 2. The number of rotatable bonds is 9. The summed E-state index contributed by atoms with van der Waals surface area (Å²) in [4.78, 5) is 0.0599. The van der Waals surface area contributed by atoms with Crippen molar-refractivity contribution in [1.29, 1.82) is 0 Å². The van der Waals surface area contributed by atoms with E-state index < -0.39 is 32.4 Å². The SMILES string of the molecule is CCCCC(OS(=O)(=O)c1ccc(C)cc1)C(C=S(=O)=O)c1ccccc1. The van der Waals surface area contributed by atoms with E-state index in [0.717, 1.165) is 23.8 Å². The van der Waals surface area contributed by atoms with Crippen molar-refractivity contribution >= 4 is 25.8 Å². The van der Waals surface area contributed by atoms with E-state index in [1.165, 1.54) is 12.1 Å². The Morgan fingerprint density at radius 2 is 1.67 bits per heavy atom. The normalized spacial score (nSPS) is 13.7. The van der Waals surface area contributed by atoms with Crippen molar-refractivity contribution in [2.45, 2.75) is 50.0 Å².